The number of amides is 2. The molecule has 1 N–H and O–H groups in total. The molecule has 0 saturated heterocycles. The molecule has 4 heteroatoms. The van der Waals surface area contributed by atoms with Crippen LogP contribution in [0, 0.1) is 11.8 Å². The zero-order valence-electron chi connectivity index (χ0n) is 14.6. The summed E-state index contributed by atoms with van der Waals surface area (Å²) in [4.78, 5) is 26.5. The minimum absolute atomic E-state index is 0.0764. The van der Waals surface area contributed by atoms with Crippen molar-refractivity contribution in [3.63, 3.8) is 0 Å². The van der Waals surface area contributed by atoms with Gasteiger partial charge >= 0.3 is 0 Å². The molecule has 0 bridgehead atoms. The highest BCUT2D eigenvalue weighted by molar-refractivity contribution is 6.05. The molecule has 1 aromatic carbocycles. The molecule has 2 aliphatic carbocycles. The first-order valence-electron chi connectivity index (χ1n) is 9.31. The van der Waals surface area contributed by atoms with E-state index in [0.29, 0.717) is 17.8 Å². The number of carbonyl (C=O) groups is 2. The van der Waals surface area contributed by atoms with Crippen LogP contribution in [0.4, 0.5) is 5.69 Å². The summed E-state index contributed by atoms with van der Waals surface area (Å²) >= 11 is 0. The van der Waals surface area contributed by atoms with E-state index < -0.39 is 0 Å². The molecule has 2 aliphatic rings. The maximum Gasteiger partial charge on any atom is 0.253 e. The average Bonchev–Trinajstić information content (AvgIpc) is 3.33. The number of hydrogen-bond acceptors (Lipinski definition) is 2. The fourth-order valence-corrected chi connectivity index (χ4v) is 3.67. The number of benzene rings is 1. The van der Waals surface area contributed by atoms with Crippen molar-refractivity contribution in [1.29, 1.82) is 0 Å². The van der Waals surface area contributed by atoms with E-state index in [-0.39, 0.29) is 17.7 Å². The van der Waals surface area contributed by atoms with Crippen molar-refractivity contribution in [3.8, 4) is 0 Å². The number of carbonyl (C=O) groups excluding carboxylic acids is 2. The first kappa shape index (κ1) is 17.0. The minimum Gasteiger partial charge on any atom is -0.352 e. The zero-order valence-corrected chi connectivity index (χ0v) is 14.6. The maximum absolute atomic E-state index is 12.5. The molecule has 0 spiro atoms. The molecule has 2 amide bonds. The molecule has 0 aliphatic heterocycles. The van der Waals surface area contributed by atoms with Crippen molar-refractivity contribution in [3.05, 3.63) is 29.8 Å². The van der Waals surface area contributed by atoms with Gasteiger partial charge in [0.15, 0.2) is 0 Å². The average molecular weight is 328 g/mol. The second kappa shape index (κ2) is 7.82. The molecule has 0 aromatic heterocycles. The van der Waals surface area contributed by atoms with Gasteiger partial charge in [-0.2, -0.15) is 0 Å². The van der Waals surface area contributed by atoms with Crippen LogP contribution in [-0.2, 0) is 4.79 Å². The van der Waals surface area contributed by atoms with Crippen molar-refractivity contribution < 1.29 is 9.59 Å². The summed E-state index contributed by atoms with van der Waals surface area (Å²) in [7, 11) is 1.77. The summed E-state index contributed by atoms with van der Waals surface area (Å²) in [5, 5.41) is 3.03. The van der Waals surface area contributed by atoms with Gasteiger partial charge in [-0.05, 0) is 43.7 Å². The van der Waals surface area contributed by atoms with Crippen LogP contribution in [0.5, 0.6) is 0 Å². The van der Waals surface area contributed by atoms with E-state index in [1.54, 1.807) is 18.0 Å². The first-order valence-corrected chi connectivity index (χ1v) is 9.31. The Morgan fingerprint density at radius 3 is 2.54 bits per heavy atom. The Hall–Kier alpha value is -1.84. The molecular formula is C20H28N2O2. The van der Waals surface area contributed by atoms with Crippen LogP contribution in [0.25, 0.3) is 0 Å². The van der Waals surface area contributed by atoms with Crippen LogP contribution < -0.4 is 10.2 Å². The third-order valence-electron chi connectivity index (χ3n) is 5.32. The van der Waals surface area contributed by atoms with E-state index in [2.05, 4.69) is 5.32 Å². The second-order valence-corrected chi connectivity index (χ2v) is 7.24. The summed E-state index contributed by atoms with van der Waals surface area (Å²) in [5.41, 5.74) is 1.30. The Balaban J connectivity index is 1.54. The van der Waals surface area contributed by atoms with Crippen LogP contribution in [0.3, 0.4) is 0 Å². The highest BCUT2D eigenvalue weighted by Gasteiger charge is 2.33. The molecule has 0 atom stereocenters. The monoisotopic (exact) mass is 328 g/mol. The third-order valence-corrected chi connectivity index (χ3v) is 5.32. The van der Waals surface area contributed by atoms with Gasteiger partial charge in [0.05, 0.1) is 11.3 Å². The SMILES string of the molecule is CN(C(=O)C1CC1)c1ccccc1C(=O)NCCCC1CCCC1. The Labute approximate surface area is 144 Å². The molecule has 0 heterocycles. The smallest absolute Gasteiger partial charge is 0.253 e. The summed E-state index contributed by atoms with van der Waals surface area (Å²) in [6.45, 7) is 0.712. The first-order chi connectivity index (χ1) is 11.7. The molecule has 3 rings (SSSR count). The molecule has 2 saturated carbocycles. The van der Waals surface area contributed by atoms with Gasteiger partial charge in [0.1, 0.15) is 0 Å². The number of hydrogen-bond donors (Lipinski definition) is 1. The highest BCUT2D eigenvalue weighted by Crippen LogP contribution is 2.33. The Bertz CT molecular complexity index is 589. The van der Waals surface area contributed by atoms with Gasteiger partial charge in [0.25, 0.3) is 5.91 Å². The fourth-order valence-electron chi connectivity index (χ4n) is 3.67. The summed E-state index contributed by atoms with van der Waals surface area (Å²) in [6.07, 6.45) is 9.63. The minimum atomic E-state index is -0.0764. The molecule has 2 fully saturated rings. The van der Waals surface area contributed by atoms with E-state index in [1.807, 2.05) is 18.2 Å². The van der Waals surface area contributed by atoms with Gasteiger partial charge < -0.3 is 10.2 Å². The van der Waals surface area contributed by atoms with Crippen LogP contribution in [0.2, 0.25) is 0 Å². The Morgan fingerprint density at radius 2 is 1.83 bits per heavy atom. The Kier molecular flexibility index (Phi) is 5.54. The van der Waals surface area contributed by atoms with Gasteiger partial charge in [-0.25, -0.2) is 0 Å². The maximum atomic E-state index is 12.5. The highest BCUT2D eigenvalue weighted by atomic mass is 16.2. The van der Waals surface area contributed by atoms with Crippen molar-refractivity contribution in [2.24, 2.45) is 11.8 Å². The molecule has 130 valence electrons. The largest absolute Gasteiger partial charge is 0.352 e. The third kappa shape index (κ3) is 4.16. The standard InChI is InChI=1S/C20H28N2O2/c1-22(20(24)16-12-13-16)18-11-5-4-10-17(18)19(23)21-14-6-9-15-7-2-3-8-15/h4-5,10-11,15-16H,2-3,6-9,12-14H2,1H3,(H,21,23). The number of para-hydroxylation sites is 1. The second-order valence-electron chi connectivity index (χ2n) is 7.24. The molecule has 1 aromatic rings. The predicted molar refractivity (Wildman–Crippen MR) is 96.1 cm³/mol. The van der Waals surface area contributed by atoms with Crippen molar-refractivity contribution >= 4 is 17.5 Å². The van der Waals surface area contributed by atoms with Crippen molar-refractivity contribution in [1.82, 2.24) is 5.32 Å². The van der Waals surface area contributed by atoms with Gasteiger partial charge in [0.2, 0.25) is 5.91 Å². The number of anilines is 1. The number of rotatable bonds is 7. The molecular weight excluding hydrogens is 300 g/mol. The van der Waals surface area contributed by atoms with Crippen molar-refractivity contribution in [2.75, 3.05) is 18.5 Å². The lowest BCUT2D eigenvalue weighted by Crippen LogP contribution is -2.32. The lowest BCUT2D eigenvalue weighted by Gasteiger charge is -2.20. The summed E-state index contributed by atoms with van der Waals surface area (Å²) < 4.78 is 0. The normalized spacial score (nSPS) is 17.7. The van der Waals surface area contributed by atoms with E-state index in [1.165, 1.54) is 32.1 Å². The Morgan fingerprint density at radius 1 is 1.12 bits per heavy atom. The van der Waals surface area contributed by atoms with Crippen molar-refractivity contribution in [2.45, 2.75) is 51.4 Å². The molecule has 4 nitrogen and oxygen atoms in total. The van der Waals surface area contributed by atoms with E-state index in [4.69, 9.17) is 0 Å². The van der Waals surface area contributed by atoms with Gasteiger partial charge in [0, 0.05) is 19.5 Å². The fraction of sp³-hybridized carbons (Fsp3) is 0.600. The summed E-state index contributed by atoms with van der Waals surface area (Å²) in [6, 6.07) is 7.39. The van der Waals surface area contributed by atoms with Crippen LogP contribution >= 0.6 is 0 Å². The quantitative estimate of drug-likeness (QED) is 0.775. The van der Waals surface area contributed by atoms with Gasteiger partial charge in [-0.15, -0.1) is 0 Å². The van der Waals surface area contributed by atoms with Gasteiger partial charge in [-0.1, -0.05) is 37.8 Å². The van der Waals surface area contributed by atoms with Crippen LogP contribution in [0.1, 0.15) is 61.7 Å². The van der Waals surface area contributed by atoms with E-state index >= 15 is 0 Å². The lowest BCUT2D eigenvalue weighted by molar-refractivity contribution is -0.119. The topological polar surface area (TPSA) is 49.4 Å². The van der Waals surface area contributed by atoms with Crippen LogP contribution in [-0.4, -0.2) is 25.4 Å². The number of nitrogens with zero attached hydrogens (tertiary/aromatic N) is 1. The molecule has 0 radical (unpaired) electrons. The number of nitrogens with one attached hydrogen (secondary N) is 1. The van der Waals surface area contributed by atoms with Gasteiger partial charge in [-0.3, -0.25) is 9.59 Å². The zero-order chi connectivity index (χ0) is 16.9. The predicted octanol–water partition coefficient (Wildman–Crippen LogP) is 3.76. The molecule has 24 heavy (non-hydrogen) atoms. The summed E-state index contributed by atoms with van der Waals surface area (Å²) in [5.74, 6) is 1.05. The van der Waals surface area contributed by atoms with E-state index in [9.17, 15) is 9.59 Å². The lowest BCUT2D eigenvalue weighted by atomic mass is 10.0. The van der Waals surface area contributed by atoms with E-state index in [0.717, 1.165) is 25.2 Å². The molecule has 0 unspecified atom stereocenters. The van der Waals surface area contributed by atoms with Crippen LogP contribution in [0.15, 0.2) is 24.3 Å².